The lowest BCUT2D eigenvalue weighted by Gasteiger charge is -2.18. The van der Waals surface area contributed by atoms with Gasteiger partial charge in [-0.2, -0.15) is 0 Å². The second-order valence-corrected chi connectivity index (χ2v) is 6.33. The summed E-state index contributed by atoms with van der Waals surface area (Å²) in [6, 6.07) is 0. The minimum atomic E-state index is -2.84. The van der Waals surface area contributed by atoms with Crippen molar-refractivity contribution in [3.63, 3.8) is 0 Å². The summed E-state index contributed by atoms with van der Waals surface area (Å²) < 4.78 is 21.6. The van der Waals surface area contributed by atoms with Gasteiger partial charge in [-0.05, 0) is 24.9 Å². The summed E-state index contributed by atoms with van der Waals surface area (Å²) in [6.45, 7) is 6.20. The highest BCUT2D eigenvalue weighted by atomic mass is 32.2. The van der Waals surface area contributed by atoms with Gasteiger partial charge in [-0.1, -0.05) is 13.8 Å². The molecule has 86 valence electrons. The Morgan fingerprint density at radius 3 is 2.29 bits per heavy atom. The topological polar surface area (TPSA) is 72.2 Å². The van der Waals surface area contributed by atoms with Crippen LogP contribution in [0.5, 0.6) is 0 Å². The Morgan fingerprint density at radius 2 is 1.93 bits per heavy atom. The molecule has 0 aromatic carbocycles. The van der Waals surface area contributed by atoms with Gasteiger partial charge in [0.05, 0.1) is 5.75 Å². The largest absolute Gasteiger partial charge is 0.330 e. The fraction of sp³-hybridized carbons (Fsp3) is 1.00. The fourth-order valence-electron chi connectivity index (χ4n) is 1.14. The minimum absolute atomic E-state index is 0.197. The van der Waals surface area contributed by atoms with Crippen molar-refractivity contribution < 1.29 is 8.42 Å². The first-order valence-electron chi connectivity index (χ1n) is 4.95. The van der Waals surface area contributed by atoms with E-state index in [-0.39, 0.29) is 5.75 Å². The molecule has 14 heavy (non-hydrogen) atoms. The molecule has 0 saturated heterocycles. The molecule has 0 saturated carbocycles. The summed E-state index contributed by atoms with van der Waals surface area (Å²) in [5.41, 5.74) is 5.58. The number of hydrogen-bond acceptors (Lipinski definition) is 4. The van der Waals surface area contributed by atoms with Crippen molar-refractivity contribution in [3.8, 4) is 0 Å². The van der Waals surface area contributed by atoms with E-state index >= 15 is 0 Å². The van der Waals surface area contributed by atoms with Gasteiger partial charge in [-0.25, -0.2) is 8.42 Å². The lowest BCUT2D eigenvalue weighted by molar-refractivity contribution is 0.375. The maximum Gasteiger partial charge on any atom is 0.148 e. The van der Waals surface area contributed by atoms with Crippen LogP contribution in [0.4, 0.5) is 0 Å². The molecule has 0 aliphatic carbocycles. The van der Waals surface area contributed by atoms with Gasteiger partial charge >= 0.3 is 0 Å². The average molecular weight is 222 g/mol. The third-order valence-corrected chi connectivity index (χ3v) is 3.25. The van der Waals surface area contributed by atoms with Crippen LogP contribution in [0.1, 0.15) is 13.8 Å². The Kier molecular flexibility index (Phi) is 6.31. The van der Waals surface area contributed by atoms with Gasteiger partial charge in [-0.3, -0.25) is 0 Å². The molecule has 0 heterocycles. The Hall–Kier alpha value is -0.130. The number of nitrogens with two attached hydrogens (primary N) is 1. The smallest absolute Gasteiger partial charge is 0.148 e. The summed E-state index contributed by atoms with van der Waals surface area (Å²) in [4.78, 5) is 0. The molecule has 0 spiro atoms. The highest BCUT2D eigenvalue weighted by Gasteiger charge is 2.10. The predicted molar refractivity (Wildman–Crippen MR) is 60.0 cm³/mol. The molecule has 5 heteroatoms. The molecule has 0 aromatic heterocycles. The first-order chi connectivity index (χ1) is 6.37. The molecule has 0 radical (unpaired) electrons. The second kappa shape index (κ2) is 6.37. The fourth-order valence-corrected chi connectivity index (χ4v) is 1.65. The molecule has 0 aliphatic heterocycles. The third-order valence-electron chi connectivity index (χ3n) is 2.30. The SMILES string of the molecule is CC(C)C(CN)CNCCS(C)(=O)=O. The van der Waals surface area contributed by atoms with Crippen LogP contribution in [0.15, 0.2) is 0 Å². The minimum Gasteiger partial charge on any atom is -0.330 e. The van der Waals surface area contributed by atoms with Crippen molar-refractivity contribution in [2.24, 2.45) is 17.6 Å². The molecule has 3 N–H and O–H groups in total. The molecule has 1 unspecified atom stereocenters. The van der Waals surface area contributed by atoms with Crippen LogP contribution in [0.2, 0.25) is 0 Å². The number of nitrogens with one attached hydrogen (secondary N) is 1. The van der Waals surface area contributed by atoms with E-state index in [0.29, 0.717) is 24.9 Å². The summed E-state index contributed by atoms with van der Waals surface area (Å²) in [5, 5.41) is 3.12. The van der Waals surface area contributed by atoms with Gasteiger partial charge in [-0.15, -0.1) is 0 Å². The zero-order chi connectivity index (χ0) is 11.2. The summed E-state index contributed by atoms with van der Waals surface area (Å²) in [5.74, 6) is 1.16. The maximum absolute atomic E-state index is 10.8. The molecule has 0 amide bonds. The van der Waals surface area contributed by atoms with Gasteiger partial charge in [0.2, 0.25) is 0 Å². The lowest BCUT2D eigenvalue weighted by Crippen LogP contribution is -2.34. The van der Waals surface area contributed by atoms with Crippen molar-refractivity contribution in [3.05, 3.63) is 0 Å². The Balaban J connectivity index is 3.63. The second-order valence-electron chi connectivity index (χ2n) is 4.07. The summed E-state index contributed by atoms with van der Waals surface area (Å²) in [6.07, 6.45) is 1.25. The first-order valence-corrected chi connectivity index (χ1v) is 7.01. The van der Waals surface area contributed by atoms with E-state index < -0.39 is 9.84 Å². The van der Waals surface area contributed by atoms with Crippen molar-refractivity contribution >= 4 is 9.84 Å². The van der Waals surface area contributed by atoms with Crippen LogP contribution in [0.3, 0.4) is 0 Å². The van der Waals surface area contributed by atoms with Gasteiger partial charge in [0.25, 0.3) is 0 Å². The van der Waals surface area contributed by atoms with Gasteiger partial charge in [0, 0.05) is 12.8 Å². The van der Waals surface area contributed by atoms with Crippen molar-refractivity contribution in [1.29, 1.82) is 0 Å². The quantitative estimate of drug-likeness (QED) is 0.588. The van der Waals surface area contributed by atoms with Crippen LogP contribution in [0.25, 0.3) is 0 Å². The Bertz CT molecular complexity index is 237. The van der Waals surface area contributed by atoms with E-state index in [4.69, 9.17) is 5.73 Å². The Morgan fingerprint density at radius 1 is 1.36 bits per heavy atom. The molecule has 0 fully saturated rings. The molecule has 1 atom stereocenters. The molecule has 0 bridgehead atoms. The van der Waals surface area contributed by atoms with Crippen molar-refractivity contribution in [2.45, 2.75) is 13.8 Å². The third kappa shape index (κ3) is 7.29. The monoisotopic (exact) mass is 222 g/mol. The molecule has 0 aliphatic rings. The standard InChI is InChI=1S/C9H22N2O2S/c1-8(2)9(6-10)7-11-4-5-14(3,12)13/h8-9,11H,4-7,10H2,1-3H3. The highest BCUT2D eigenvalue weighted by Crippen LogP contribution is 2.06. The number of hydrogen-bond donors (Lipinski definition) is 2. The van der Waals surface area contributed by atoms with E-state index in [2.05, 4.69) is 19.2 Å². The summed E-state index contributed by atoms with van der Waals surface area (Å²) >= 11 is 0. The highest BCUT2D eigenvalue weighted by molar-refractivity contribution is 7.90. The zero-order valence-corrected chi connectivity index (χ0v) is 10.1. The van der Waals surface area contributed by atoms with Crippen molar-refractivity contribution in [1.82, 2.24) is 5.32 Å². The van der Waals surface area contributed by atoms with Gasteiger partial charge in [0.15, 0.2) is 0 Å². The average Bonchev–Trinajstić information content (AvgIpc) is 2.01. The Labute approximate surface area is 87.2 Å². The lowest BCUT2D eigenvalue weighted by atomic mass is 9.96. The maximum atomic E-state index is 10.8. The summed E-state index contributed by atoms with van der Waals surface area (Å²) in [7, 11) is -2.84. The normalized spacial score (nSPS) is 14.6. The first kappa shape index (κ1) is 13.9. The van der Waals surface area contributed by atoms with Crippen LogP contribution in [0, 0.1) is 11.8 Å². The van der Waals surface area contributed by atoms with E-state index in [0.717, 1.165) is 6.54 Å². The number of rotatable bonds is 7. The molecular weight excluding hydrogens is 200 g/mol. The van der Waals surface area contributed by atoms with Crippen LogP contribution >= 0.6 is 0 Å². The molecular formula is C9H22N2O2S. The van der Waals surface area contributed by atoms with E-state index in [1.165, 1.54) is 6.26 Å². The van der Waals surface area contributed by atoms with E-state index in [9.17, 15) is 8.42 Å². The zero-order valence-electron chi connectivity index (χ0n) is 9.29. The van der Waals surface area contributed by atoms with Gasteiger partial charge < -0.3 is 11.1 Å². The predicted octanol–water partition coefficient (Wildman–Crippen LogP) is -0.148. The molecule has 0 aromatic rings. The van der Waals surface area contributed by atoms with E-state index in [1.807, 2.05) is 0 Å². The van der Waals surface area contributed by atoms with Crippen LogP contribution in [-0.4, -0.2) is 40.1 Å². The number of sulfone groups is 1. The molecule has 4 nitrogen and oxygen atoms in total. The van der Waals surface area contributed by atoms with Crippen LogP contribution in [-0.2, 0) is 9.84 Å². The molecule has 0 rings (SSSR count). The van der Waals surface area contributed by atoms with Crippen molar-refractivity contribution in [2.75, 3.05) is 31.6 Å². The van der Waals surface area contributed by atoms with E-state index in [1.54, 1.807) is 0 Å². The van der Waals surface area contributed by atoms with Gasteiger partial charge in [0.1, 0.15) is 9.84 Å². The van der Waals surface area contributed by atoms with Crippen LogP contribution < -0.4 is 11.1 Å².